The second-order valence-corrected chi connectivity index (χ2v) is 5.25. The van der Waals surface area contributed by atoms with Crippen molar-refractivity contribution in [1.82, 2.24) is 5.32 Å². The number of rotatable bonds is 4. The third kappa shape index (κ3) is 5.36. The molecule has 0 amide bonds. The van der Waals surface area contributed by atoms with Crippen LogP contribution in [0.15, 0.2) is 22.7 Å². The highest BCUT2D eigenvalue weighted by Crippen LogP contribution is 2.36. The zero-order valence-electron chi connectivity index (χ0n) is 10.3. The highest BCUT2D eigenvalue weighted by molar-refractivity contribution is 9.10. The Morgan fingerprint density at radius 3 is 2.63 bits per heavy atom. The number of anilines is 1. The SMILES string of the molecule is CCCCNC(=S)Nc1ccc(Br)cc1C(F)(F)F. The Labute approximate surface area is 123 Å². The van der Waals surface area contributed by atoms with E-state index in [1.165, 1.54) is 12.1 Å². The summed E-state index contributed by atoms with van der Waals surface area (Å²) in [5.41, 5.74) is -0.800. The lowest BCUT2D eigenvalue weighted by Gasteiger charge is -2.16. The van der Waals surface area contributed by atoms with Gasteiger partial charge in [0.05, 0.1) is 11.3 Å². The molecule has 0 fully saturated rings. The smallest absolute Gasteiger partial charge is 0.362 e. The summed E-state index contributed by atoms with van der Waals surface area (Å²) in [4.78, 5) is 0. The van der Waals surface area contributed by atoms with Gasteiger partial charge in [-0.3, -0.25) is 0 Å². The van der Waals surface area contributed by atoms with Crippen LogP contribution in [0.25, 0.3) is 0 Å². The van der Waals surface area contributed by atoms with Crippen LogP contribution in [0.4, 0.5) is 18.9 Å². The van der Waals surface area contributed by atoms with Crippen LogP contribution in [0, 0.1) is 0 Å². The molecule has 0 radical (unpaired) electrons. The topological polar surface area (TPSA) is 24.1 Å². The number of benzene rings is 1. The average Bonchev–Trinajstić information content (AvgIpc) is 2.30. The van der Waals surface area contributed by atoms with Gasteiger partial charge in [0.25, 0.3) is 0 Å². The molecule has 0 bridgehead atoms. The van der Waals surface area contributed by atoms with Crippen LogP contribution < -0.4 is 10.6 Å². The lowest BCUT2D eigenvalue weighted by Crippen LogP contribution is -2.30. The van der Waals surface area contributed by atoms with Gasteiger partial charge < -0.3 is 10.6 Å². The monoisotopic (exact) mass is 354 g/mol. The maximum atomic E-state index is 12.9. The van der Waals surface area contributed by atoms with E-state index in [1.54, 1.807) is 0 Å². The molecule has 1 aromatic rings. The van der Waals surface area contributed by atoms with Gasteiger partial charge in [-0.25, -0.2) is 0 Å². The van der Waals surface area contributed by atoms with Gasteiger partial charge in [-0.2, -0.15) is 13.2 Å². The zero-order chi connectivity index (χ0) is 14.5. The summed E-state index contributed by atoms with van der Waals surface area (Å²) in [5, 5.41) is 5.64. The van der Waals surface area contributed by atoms with E-state index in [9.17, 15) is 13.2 Å². The molecule has 1 rings (SSSR count). The van der Waals surface area contributed by atoms with Crippen LogP contribution in [-0.2, 0) is 6.18 Å². The fourth-order valence-corrected chi connectivity index (χ4v) is 1.98. The normalized spacial score (nSPS) is 11.2. The van der Waals surface area contributed by atoms with Crippen molar-refractivity contribution in [3.63, 3.8) is 0 Å². The van der Waals surface area contributed by atoms with Crippen molar-refractivity contribution in [2.24, 2.45) is 0 Å². The maximum absolute atomic E-state index is 12.9. The van der Waals surface area contributed by atoms with Crippen molar-refractivity contribution in [2.75, 3.05) is 11.9 Å². The first-order valence-electron chi connectivity index (χ1n) is 5.76. The fourth-order valence-electron chi connectivity index (χ4n) is 1.41. The molecule has 2 N–H and O–H groups in total. The fraction of sp³-hybridized carbons (Fsp3) is 0.417. The van der Waals surface area contributed by atoms with Gasteiger partial charge in [0.2, 0.25) is 0 Å². The Hall–Kier alpha value is -0.820. The molecule has 0 atom stereocenters. The minimum absolute atomic E-state index is 0.0512. The van der Waals surface area contributed by atoms with Crippen LogP contribution in [0.2, 0.25) is 0 Å². The number of unbranched alkanes of at least 4 members (excludes halogenated alkanes) is 1. The molecule has 1 aromatic carbocycles. The number of thiocarbonyl (C=S) groups is 1. The molecular weight excluding hydrogens is 341 g/mol. The minimum Gasteiger partial charge on any atom is -0.362 e. The van der Waals surface area contributed by atoms with E-state index in [0.29, 0.717) is 11.0 Å². The van der Waals surface area contributed by atoms with Gasteiger partial charge in [-0.15, -0.1) is 0 Å². The van der Waals surface area contributed by atoms with E-state index in [0.717, 1.165) is 18.9 Å². The van der Waals surface area contributed by atoms with Crippen molar-refractivity contribution >= 4 is 38.9 Å². The molecule has 7 heteroatoms. The number of halogens is 4. The predicted octanol–water partition coefficient (Wildman–Crippen LogP) is 4.55. The molecule has 0 aliphatic carbocycles. The van der Waals surface area contributed by atoms with Gasteiger partial charge in [-0.1, -0.05) is 29.3 Å². The highest BCUT2D eigenvalue weighted by Gasteiger charge is 2.33. The Kier molecular flexibility index (Phi) is 6.06. The number of hydrogen-bond acceptors (Lipinski definition) is 1. The molecule has 0 saturated carbocycles. The van der Waals surface area contributed by atoms with E-state index in [2.05, 4.69) is 26.6 Å². The first-order chi connectivity index (χ1) is 8.84. The Bertz CT molecular complexity index is 449. The van der Waals surface area contributed by atoms with Crippen molar-refractivity contribution in [1.29, 1.82) is 0 Å². The summed E-state index contributed by atoms with van der Waals surface area (Å²) >= 11 is 7.99. The van der Waals surface area contributed by atoms with Crippen LogP contribution in [-0.4, -0.2) is 11.7 Å². The highest BCUT2D eigenvalue weighted by atomic mass is 79.9. The molecule has 0 spiro atoms. The van der Waals surface area contributed by atoms with Crippen molar-refractivity contribution in [3.8, 4) is 0 Å². The third-order valence-corrected chi connectivity index (χ3v) is 3.09. The van der Waals surface area contributed by atoms with E-state index in [-0.39, 0.29) is 10.8 Å². The summed E-state index contributed by atoms with van der Waals surface area (Å²) in [6, 6.07) is 3.91. The summed E-state index contributed by atoms with van der Waals surface area (Å²) < 4.78 is 39.0. The van der Waals surface area contributed by atoms with Gasteiger partial charge in [0, 0.05) is 11.0 Å². The van der Waals surface area contributed by atoms with Gasteiger partial charge in [-0.05, 0) is 36.8 Å². The van der Waals surface area contributed by atoms with Gasteiger partial charge >= 0.3 is 6.18 Å². The molecule has 19 heavy (non-hydrogen) atoms. The predicted molar refractivity (Wildman–Crippen MR) is 78.3 cm³/mol. The second kappa shape index (κ2) is 7.09. The molecule has 0 heterocycles. The first-order valence-corrected chi connectivity index (χ1v) is 6.96. The number of hydrogen-bond donors (Lipinski definition) is 2. The van der Waals surface area contributed by atoms with E-state index < -0.39 is 11.7 Å². The van der Waals surface area contributed by atoms with E-state index in [4.69, 9.17) is 12.2 Å². The second-order valence-electron chi connectivity index (χ2n) is 3.92. The molecule has 106 valence electrons. The van der Waals surface area contributed by atoms with Gasteiger partial charge in [0.15, 0.2) is 5.11 Å². The lowest BCUT2D eigenvalue weighted by molar-refractivity contribution is -0.136. The molecular formula is C12H14BrF3N2S. The number of nitrogens with one attached hydrogen (secondary N) is 2. The molecule has 0 aliphatic heterocycles. The van der Waals surface area contributed by atoms with E-state index >= 15 is 0 Å². The molecule has 2 nitrogen and oxygen atoms in total. The summed E-state index contributed by atoms with van der Waals surface area (Å²) in [5.74, 6) is 0. The van der Waals surface area contributed by atoms with E-state index in [1.807, 2.05) is 6.92 Å². The van der Waals surface area contributed by atoms with Crippen molar-refractivity contribution in [2.45, 2.75) is 25.9 Å². The molecule has 0 unspecified atom stereocenters. The average molecular weight is 355 g/mol. The van der Waals surface area contributed by atoms with Crippen molar-refractivity contribution < 1.29 is 13.2 Å². The Balaban J connectivity index is 2.80. The summed E-state index contributed by atoms with van der Waals surface area (Å²) in [6.45, 7) is 2.66. The molecule has 0 aliphatic rings. The first kappa shape index (κ1) is 16.2. The third-order valence-electron chi connectivity index (χ3n) is 2.35. The zero-order valence-corrected chi connectivity index (χ0v) is 12.7. The quantitative estimate of drug-likeness (QED) is 0.612. The lowest BCUT2D eigenvalue weighted by atomic mass is 10.1. The Morgan fingerprint density at radius 2 is 2.05 bits per heavy atom. The molecule has 0 aromatic heterocycles. The van der Waals surface area contributed by atoms with Crippen LogP contribution in [0.3, 0.4) is 0 Å². The van der Waals surface area contributed by atoms with Crippen LogP contribution >= 0.6 is 28.1 Å². The Morgan fingerprint density at radius 1 is 1.37 bits per heavy atom. The van der Waals surface area contributed by atoms with Gasteiger partial charge in [0.1, 0.15) is 0 Å². The number of alkyl halides is 3. The maximum Gasteiger partial charge on any atom is 0.418 e. The standard InChI is InChI=1S/C12H14BrF3N2S/c1-2-3-6-17-11(19)18-10-5-4-8(13)7-9(10)12(14,15)16/h4-5,7H,2-3,6H2,1H3,(H2,17,18,19). The summed E-state index contributed by atoms with van der Waals surface area (Å²) in [7, 11) is 0. The van der Waals surface area contributed by atoms with Crippen LogP contribution in [0.5, 0.6) is 0 Å². The van der Waals surface area contributed by atoms with Crippen LogP contribution in [0.1, 0.15) is 25.3 Å². The van der Waals surface area contributed by atoms with Crippen molar-refractivity contribution in [3.05, 3.63) is 28.2 Å². The molecule has 0 saturated heterocycles. The summed E-state index contributed by atoms with van der Waals surface area (Å²) in [6.07, 6.45) is -2.53. The minimum atomic E-state index is -4.43. The largest absolute Gasteiger partial charge is 0.418 e.